The maximum absolute atomic E-state index is 5.44. The standard InChI is InChI=1S/C13H18BrNO/c1-16-13-3-2-8-15(10-13)12-6-4-11(9-14)5-7-12/h4-7,13H,2-3,8-10H2,1H3. The molecule has 1 unspecified atom stereocenters. The van der Waals surface area contributed by atoms with Gasteiger partial charge in [-0.2, -0.15) is 0 Å². The molecule has 3 heteroatoms. The second-order valence-electron chi connectivity index (χ2n) is 4.25. The molecule has 88 valence electrons. The Morgan fingerprint density at radius 3 is 2.75 bits per heavy atom. The van der Waals surface area contributed by atoms with Gasteiger partial charge in [0.25, 0.3) is 0 Å². The third-order valence-electron chi connectivity index (χ3n) is 3.17. The zero-order valence-corrected chi connectivity index (χ0v) is 11.2. The van der Waals surface area contributed by atoms with E-state index < -0.39 is 0 Å². The van der Waals surface area contributed by atoms with Crippen molar-refractivity contribution >= 4 is 21.6 Å². The van der Waals surface area contributed by atoms with E-state index >= 15 is 0 Å². The van der Waals surface area contributed by atoms with Crippen LogP contribution in [-0.4, -0.2) is 26.3 Å². The van der Waals surface area contributed by atoms with E-state index in [2.05, 4.69) is 45.1 Å². The fourth-order valence-corrected chi connectivity index (χ4v) is 2.53. The van der Waals surface area contributed by atoms with Gasteiger partial charge in [-0.1, -0.05) is 28.1 Å². The van der Waals surface area contributed by atoms with Crippen LogP contribution >= 0.6 is 15.9 Å². The Hall–Kier alpha value is -0.540. The van der Waals surface area contributed by atoms with E-state index in [9.17, 15) is 0 Å². The maximum Gasteiger partial charge on any atom is 0.0746 e. The van der Waals surface area contributed by atoms with Crippen LogP contribution in [0, 0.1) is 0 Å². The SMILES string of the molecule is COC1CCCN(c2ccc(CBr)cc2)C1. The van der Waals surface area contributed by atoms with E-state index in [1.54, 1.807) is 0 Å². The number of alkyl halides is 1. The fraction of sp³-hybridized carbons (Fsp3) is 0.538. The van der Waals surface area contributed by atoms with Crippen LogP contribution in [0.1, 0.15) is 18.4 Å². The van der Waals surface area contributed by atoms with Crippen LogP contribution in [0.25, 0.3) is 0 Å². The molecule has 1 aliphatic heterocycles. The molecule has 0 aromatic heterocycles. The summed E-state index contributed by atoms with van der Waals surface area (Å²) in [5.74, 6) is 0. The van der Waals surface area contributed by atoms with E-state index in [4.69, 9.17) is 4.74 Å². The first-order valence-electron chi connectivity index (χ1n) is 5.76. The highest BCUT2D eigenvalue weighted by atomic mass is 79.9. The lowest BCUT2D eigenvalue weighted by Gasteiger charge is -2.33. The molecule has 16 heavy (non-hydrogen) atoms. The van der Waals surface area contributed by atoms with Crippen LogP contribution in [0.15, 0.2) is 24.3 Å². The first kappa shape index (κ1) is 11.9. The van der Waals surface area contributed by atoms with Gasteiger partial charge in [0.15, 0.2) is 0 Å². The largest absolute Gasteiger partial charge is 0.380 e. The minimum Gasteiger partial charge on any atom is -0.380 e. The lowest BCUT2D eigenvalue weighted by molar-refractivity contribution is 0.0893. The predicted molar refractivity (Wildman–Crippen MR) is 71.3 cm³/mol. The zero-order valence-electron chi connectivity index (χ0n) is 9.66. The fourth-order valence-electron chi connectivity index (χ4n) is 2.16. The number of anilines is 1. The predicted octanol–water partition coefficient (Wildman–Crippen LogP) is 3.20. The molecule has 0 saturated carbocycles. The summed E-state index contributed by atoms with van der Waals surface area (Å²) in [6.07, 6.45) is 2.80. The summed E-state index contributed by atoms with van der Waals surface area (Å²) in [4.78, 5) is 2.41. The topological polar surface area (TPSA) is 12.5 Å². The molecular formula is C13H18BrNO. The van der Waals surface area contributed by atoms with E-state index in [0.29, 0.717) is 6.10 Å². The van der Waals surface area contributed by atoms with Gasteiger partial charge in [0.2, 0.25) is 0 Å². The van der Waals surface area contributed by atoms with Crippen molar-refractivity contribution in [2.45, 2.75) is 24.3 Å². The summed E-state index contributed by atoms with van der Waals surface area (Å²) in [5.41, 5.74) is 2.63. The van der Waals surface area contributed by atoms with Crippen LogP contribution in [0.2, 0.25) is 0 Å². The number of nitrogens with zero attached hydrogens (tertiary/aromatic N) is 1. The average Bonchev–Trinajstić information content (AvgIpc) is 2.39. The highest BCUT2D eigenvalue weighted by Crippen LogP contribution is 2.22. The molecule has 0 bridgehead atoms. The smallest absolute Gasteiger partial charge is 0.0746 e. The number of methoxy groups -OCH3 is 1. The van der Waals surface area contributed by atoms with Gasteiger partial charge in [-0.15, -0.1) is 0 Å². The Morgan fingerprint density at radius 1 is 1.38 bits per heavy atom. The molecule has 1 atom stereocenters. The Balaban J connectivity index is 2.05. The van der Waals surface area contributed by atoms with Gasteiger partial charge in [0.05, 0.1) is 6.10 Å². The highest BCUT2D eigenvalue weighted by molar-refractivity contribution is 9.08. The van der Waals surface area contributed by atoms with E-state index in [-0.39, 0.29) is 0 Å². The van der Waals surface area contributed by atoms with Gasteiger partial charge in [-0.05, 0) is 30.5 Å². The van der Waals surface area contributed by atoms with Crippen LogP contribution in [-0.2, 0) is 10.1 Å². The second-order valence-corrected chi connectivity index (χ2v) is 4.81. The minimum atomic E-state index is 0.393. The van der Waals surface area contributed by atoms with E-state index in [0.717, 1.165) is 18.4 Å². The summed E-state index contributed by atoms with van der Waals surface area (Å²) in [7, 11) is 1.81. The number of rotatable bonds is 3. The molecule has 1 aromatic rings. The molecule has 1 saturated heterocycles. The lowest BCUT2D eigenvalue weighted by Crippen LogP contribution is -2.39. The van der Waals surface area contributed by atoms with Gasteiger partial charge in [-0.25, -0.2) is 0 Å². The normalized spacial score (nSPS) is 21.1. The first-order chi connectivity index (χ1) is 7.83. The lowest BCUT2D eigenvalue weighted by atomic mass is 10.1. The number of halogens is 1. The molecular weight excluding hydrogens is 266 g/mol. The second kappa shape index (κ2) is 5.69. The molecule has 1 aromatic carbocycles. The monoisotopic (exact) mass is 283 g/mol. The molecule has 0 spiro atoms. The van der Waals surface area contributed by atoms with Crippen LogP contribution in [0.3, 0.4) is 0 Å². The molecule has 1 fully saturated rings. The molecule has 0 radical (unpaired) electrons. The van der Waals surface area contributed by atoms with Crippen molar-refractivity contribution in [2.24, 2.45) is 0 Å². The van der Waals surface area contributed by atoms with Crippen molar-refractivity contribution in [1.82, 2.24) is 0 Å². The molecule has 0 N–H and O–H groups in total. The first-order valence-corrected chi connectivity index (χ1v) is 6.88. The number of hydrogen-bond donors (Lipinski definition) is 0. The number of ether oxygens (including phenoxy) is 1. The van der Waals surface area contributed by atoms with E-state index in [1.807, 2.05) is 7.11 Å². The van der Waals surface area contributed by atoms with Crippen LogP contribution in [0.4, 0.5) is 5.69 Å². The minimum absolute atomic E-state index is 0.393. The van der Waals surface area contributed by atoms with Crippen molar-refractivity contribution in [3.05, 3.63) is 29.8 Å². The molecule has 1 heterocycles. The molecule has 2 nitrogen and oxygen atoms in total. The summed E-state index contributed by atoms with van der Waals surface area (Å²) in [6, 6.07) is 8.77. The van der Waals surface area contributed by atoms with Crippen molar-refractivity contribution in [2.75, 3.05) is 25.1 Å². The Kier molecular flexibility index (Phi) is 4.24. The van der Waals surface area contributed by atoms with Crippen LogP contribution < -0.4 is 4.90 Å². The average molecular weight is 284 g/mol. The number of piperidine rings is 1. The van der Waals surface area contributed by atoms with Crippen molar-refractivity contribution in [3.8, 4) is 0 Å². The van der Waals surface area contributed by atoms with Gasteiger partial charge in [-0.3, -0.25) is 0 Å². The van der Waals surface area contributed by atoms with Crippen molar-refractivity contribution in [1.29, 1.82) is 0 Å². The molecule has 1 aliphatic rings. The Labute approximate surface area is 106 Å². The van der Waals surface area contributed by atoms with E-state index in [1.165, 1.54) is 24.1 Å². The molecule has 2 rings (SSSR count). The maximum atomic E-state index is 5.44. The van der Waals surface area contributed by atoms with Gasteiger partial charge < -0.3 is 9.64 Å². The molecule has 0 aliphatic carbocycles. The Bertz CT molecular complexity index is 325. The number of benzene rings is 1. The van der Waals surface area contributed by atoms with Crippen molar-refractivity contribution < 1.29 is 4.74 Å². The van der Waals surface area contributed by atoms with Gasteiger partial charge in [0.1, 0.15) is 0 Å². The third kappa shape index (κ3) is 2.77. The quantitative estimate of drug-likeness (QED) is 0.790. The highest BCUT2D eigenvalue weighted by Gasteiger charge is 2.19. The van der Waals surface area contributed by atoms with Gasteiger partial charge in [0, 0.05) is 31.2 Å². The third-order valence-corrected chi connectivity index (χ3v) is 3.81. The zero-order chi connectivity index (χ0) is 11.4. The Morgan fingerprint density at radius 2 is 2.12 bits per heavy atom. The van der Waals surface area contributed by atoms with Gasteiger partial charge >= 0.3 is 0 Å². The summed E-state index contributed by atoms with van der Waals surface area (Å²) in [6.45, 7) is 2.16. The summed E-state index contributed by atoms with van der Waals surface area (Å²) in [5, 5.41) is 0.925. The number of hydrogen-bond acceptors (Lipinski definition) is 2. The van der Waals surface area contributed by atoms with Crippen molar-refractivity contribution in [3.63, 3.8) is 0 Å². The molecule has 0 amide bonds. The summed E-state index contributed by atoms with van der Waals surface area (Å²) >= 11 is 3.47. The van der Waals surface area contributed by atoms with Crippen LogP contribution in [0.5, 0.6) is 0 Å². The summed E-state index contributed by atoms with van der Waals surface area (Å²) < 4.78 is 5.44.